The van der Waals surface area contributed by atoms with Crippen molar-refractivity contribution in [3.05, 3.63) is 59.7 Å². The Bertz CT molecular complexity index is 576. The molecule has 0 unspecified atom stereocenters. The third-order valence-electron chi connectivity index (χ3n) is 3.00. The molecule has 0 heterocycles. The van der Waals surface area contributed by atoms with Crippen molar-refractivity contribution in [2.24, 2.45) is 0 Å². The molecule has 0 atom stereocenters. The van der Waals surface area contributed by atoms with Gasteiger partial charge in [-0.15, -0.1) is 0 Å². The summed E-state index contributed by atoms with van der Waals surface area (Å²) in [7, 11) is 0. The molecule has 3 nitrogen and oxygen atoms in total. The van der Waals surface area contributed by atoms with Gasteiger partial charge < -0.3 is 10.6 Å². The van der Waals surface area contributed by atoms with Crippen LogP contribution >= 0.6 is 0 Å². The monoisotopic (exact) mass is 268 g/mol. The molecule has 0 spiro atoms. The van der Waals surface area contributed by atoms with Gasteiger partial charge in [0.15, 0.2) is 0 Å². The highest BCUT2D eigenvalue weighted by Crippen LogP contribution is 2.13. The molecular weight excluding hydrogens is 248 g/mol. The summed E-state index contributed by atoms with van der Waals surface area (Å²) in [4.78, 5) is 12.1. The zero-order valence-corrected chi connectivity index (χ0v) is 11.9. The van der Waals surface area contributed by atoms with Gasteiger partial charge in [0.25, 0.3) is 5.91 Å². The largest absolute Gasteiger partial charge is 0.385 e. The smallest absolute Gasteiger partial charge is 0.255 e. The van der Waals surface area contributed by atoms with Crippen LogP contribution in [0.1, 0.15) is 29.3 Å². The number of benzene rings is 2. The van der Waals surface area contributed by atoms with E-state index in [4.69, 9.17) is 0 Å². The van der Waals surface area contributed by atoms with Gasteiger partial charge in [-0.1, -0.05) is 19.1 Å². The number of carbonyl (C=O) groups is 1. The molecule has 2 aromatic carbocycles. The van der Waals surface area contributed by atoms with Gasteiger partial charge in [-0.3, -0.25) is 4.79 Å². The van der Waals surface area contributed by atoms with Crippen molar-refractivity contribution in [1.29, 1.82) is 0 Å². The quantitative estimate of drug-likeness (QED) is 0.858. The van der Waals surface area contributed by atoms with Gasteiger partial charge in [0.05, 0.1) is 0 Å². The fourth-order valence-corrected chi connectivity index (χ4v) is 1.93. The van der Waals surface area contributed by atoms with Crippen LogP contribution in [0.15, 0.2) is 48.5 Å². The van der Waals surface area contributed by atoms with Crippen molar-refractivity contribution in [3.8, 4) is 0 Å². The predicted molar refractivity (Wildman–Crippen MR) is 84.4 cm³/mol. The van der Waals surface area contributed by atoms with Gasteiger partial charge in [-0.2, -0.15) is 0 Å². The molecule has 2 aromatic rings. The summed E-state index contributed by atoms with van der Waals surface area (Å²) >= 11 is 0. The Morgan fingerprint density at radius 1 is 1.05 bits per heavy atom. The molecule has 0 bridgehead atoms. The molecule has 1 amide bonds. The zero-order chi connectivity index (χ0) is 14.4. The third-order valence-corrected chi connectivity index (χ3v) is 3.00. The number of anilines is 2. The second-order valence-electron chi connectivity index (χ2n) is 4.83. The molecule has 104 valence electrons. The Labute approximate surface area is 120 Å². The lowest BCUT2D eigenvalue weighted by molar-refractivity contribution is 0.102. The minimum atomic E-state index is -0.0855. The summed E-state index contributed by atoms with van der Waals surface area (Å²) in [6.07, 6.45) is 1.08. The lowest BCUT2D eigenvalue weighted by atomic mass is 10.1. The molecule has 3 heteroatoms. The molecule has 0 radical (unpaired) electrons. The standard InChI is InChI=1S/C17H20N2O/c1-3-11-18-15-9-7-14(8-10-15)17(20)19-16-6-4-5-13(2)12-16/h4-10,12,18H,3,11H2,1-2H3,(H,19,20). The number of aryl methyl sites for hydroxylation is 1. The summed E-state index contributed by atoms with van der Waals surface area (Å²) in [5.41, 5.74) is 3.65. The number of rotatable bonds is 5. The van der Waals surface area contributed by atoms with Gasteiger partial charge in [0.1, 0.15) is 0 Å². The molecule has 2 N–H and O–H groups in total. The van der Waals surface area contributed by atoms with Gasteiger partial charge in [-0.05, 0) is 55.3 Å². The Balaban J connectivity index is 2.02. The van der Waals surface area contributed by atoms with E-state index in [1.165, 1.54) is 0 Å². The summed E-state index contributed by atoms with van der Waals surface area (Å²) in [5, 5.41) is 6.19. The van der Waals surface area contributed by atoms with E-state index in [2.05, 4.69) is 17.6 Å². The number of hydrogen-bond donors (Lipinski definition) is 2. The van der Waals surface area contributed by atoms with Gasteiger partial charge >= 0.3 is 0 Å². The lowest BCUT2D eigenvalue weighted by Crippen LogP contribution is -2.12. The minimum absolute atomic E-state index is 0.0855. The first-order valence-electron chi connectivity index (χ1n) is 6.91. The van der Waals surface area contributed by atoms with E-state index in [1.807, 2.05) is 55.5 Å². The maximum Gasteiger partial charge on any atom is 0.255 e. The fourth-order valence-electron chi connectivity index (χ4n) is 1.93. The van der Waals surface area contributed by atoms with Crippen molar-refractivity contribution < 1.29 is 4.79 Å². The first kappa shape index (κ1) is 14.1. The van der Waals surface area contributed by atoms with Crippen LogP contribution in [0.5, 0.6) is 0 Å². The normalized spacial score (nSPS) is 10.1. The van der Waals surface area contributed by atoms with E-state index < -0.39 is 0 Å². The zero-order valence-electron chi connectivity index (χ0n) is 11.9. The highest BCUT2D eigenvalue weighted by molar-refractivity contribution is 6.04. The Hall–Kier alpha value is -2.29. The maximum absolute atomic E-state index is 12.1. The van der Waals surface area contributed by atoms with Crippen LogP contribution in [0.2, 0.25) is 0 Å². The lowest BCUT2D eigenvalue weighted by Gasteiger charge is -2.08. The van der Waals surface area contributed by atoms with Crippen LogP contribution in [0.4, 0.5) is 11.4 Å². The Morgan fingerprint density at radius 2 is 1.80 bits per heavy atom. The predicted octanol–water partition coefficient (Wildman–Crippen LogP) is 4.07. The number of carbonyl (C=O) groups excluding carboxylic acids is 1. The number of amides is 1. The molecule has 0 saturated carbocycles. The van der Waals surface area contributed by atoms with Crippen molar-refractivity contribution in [2.45, 2.75) is 20.3 Å². The molecule has 0 saturated heterocycles. The van der Waals surface area contributed by atoms with E-state index in [-0.39, 0.29) is 5.91 Å². The van der Waals surface area contributed by atoms with Crippen molar-refractivity contribution in [2.75, 3.05) is 17.2 Å². The first-order valence-corrected chi connectivity index (χ1v) is 6.91. The molecule has 0 aliphatic carbocycles. The van der Waals surface area contributed by atoms with Crippen LogP contribution < -0.4 is 10.6 Å². The third kappa shape index (κ3) is 3.85. The molecule has 0 aromatic heterocycles. The van der Waals surface area contributed by atoms with Gasteiger partial charge in [-0.25, -0.2) is 0 Å². The van der Waals surface area contributed by atoms with Crippen LogP contribution in [-0.4, -0.2) is 12.5 Å². The minimum Gasteiger partial charge on any atom is -0.385 e. The van der Waals surface area contributed by atoms with E-state index in [0.29, 0.717) is 5.56 Å². The SMILES string of the molecule is CCCNc1ccc(C(=O)Nc2cccc(C)c2)cc1. The highest BCUT2D eigenvalue weighted by Gasteiger charge is 2.05. The van der Waals surface area contributed by atoms with Crippen molar-refractivity contribution >= 4 is 17.3 Å². The highest BCUT2D eigenvalue weighted by atomic mass is 16.1. The van der Waals surface area contributed by atoms with Crippen LogP contribution in [0.25, 0.3) is 0 Å². The first-order chi connectivity index (χ1) is 9.69. The summed E-state index contributed by atoms with van der Waals surface area (Å²) in [6, 6.07) is 15.3. The maximum atomic E-state index is 12.1. The Morgan fingerprint density at radius 3 is 2.45 bits per heavy atom. The summed E-state index contributed by atoms with van der Waals surface area (Å²) < 4.78 is 0. The molecule has 20 heavy (non-hydrogen) atoms. The van der Waals surface area contributed by atoms with Gasteiger partial charge in [0, 0.05) is 23.5 Å². The van der Waals surface area contributed by atoms with Crippen molar-refractivity contribution in [3.63, 3.8) is 0 Å². The van der Waals surface area contributed by atoms with E-state index >= 15 is 0 Å². The average Bonchev–Trinajstić information content (AvgIpc) is 2.45. The fraction of sp³-hybridized carbons (Fsp3) is 0.235. The van der Waals surface area contributed by atoms with E-state index in [0.717, 1.165) is 29.9 Å². The van der Waals surface area contributed by atoms with Gasteiger partial charge in [0.2, 0.25) is 0 Å². The Kier molecular flexibility index (Phi) is 4.77. The summed E-state index contributed by atoms with van der Waals surface area (Å²) in [5.74, 6) is -0.0855. The second kappa shape index (κ2) is 6.75. The van der Waals surface area contributed by atoms with Crippen LogP contribution in [0, 0.1) is 6.92 Å². The van der Waals surface area contributed by atoms with E-state index in [9.17, 15) is 4.79 Å². The molecule has 0 aliphatic rings. The number of hydrogen-bond acceptors (Lipinski definition) is 2. The van der Waals surface area contributed by atoms with Crippen LogP contribution in [-0.2, 0) is 0 Å². The average molecular weight is 268 g/mol. The van der Waals surface area contributed by atoms with E-state index in [1.54, 1.807) is 0 Å². The molecule has 2 rings (SSSR count). The number of nitrogens with one attached hydrogen (secondary N) is 2. The topological polar surface area (TPSA) is 41.1 Å². The summed E-state index contributed by atoms with van der Waals surface area (Å²) in [6.45, 7) is 5.06. The van der Waals surface area contributed by atoms with Crippen molar-refractivity contribution in [1.82, 2.24) is 0 Å². The molecular formula is C17H20N2O. The van der Waals surface area contributed by atoms with Crippen LogP contribution in [0.3, 0.4) is 0 Å². The molecule has 0 fully saturated rings. The molecule has 0 aliphatic heterocycles. The second-order valence-corrected chi connectivity index (χ2v) is 4.83.